The van der Waals surface area contributed by atoms with E-state index in [0.717, 1.165) is 74.5 Å². The van der Waals surface area contributed by atoms with Gasteiger partial charge in [-0.3, -0.25) is 4.99 Å². The lowest BCUT2D eigenvalue weighted by Crippen LogP contribution is -2.50. The zero-order valence-electron chi connectivity index (χ0n) is 21.3. The summed E-state index contributed by atoms with van der Waals surface area (Å²) in [5.41, 5.74) is 1.69. The molecular formula is C27H38FN7. The number of nitrogens with zero attached hydrogens (tertiary/aromatic N) is 7. The van der Waals surface area contributed by atoms with Crippen molar-refractivity contribution in [3.8, 4) is 0 Å². The first-order chi connectivity index (χ1) is 17.0. The molecule has 7 nitrogen and oxygen atoms in total. The normalized spacial score (nSPS) is 21.0. The maximum absolute atomic E-state index is 13.9. The maximum Gasteiger partial charge on any atom is 0.127 e. The molecule has 0 radical (unpaired) electrons. The summed E-state index contributed by atoms with van der Waals surface area (Å²) in [4.78, 5) is 16.5. The largest absolute Gasteiger partial charge is 0.360 e. The van der Waals surface area contributed by atoms with Crippen LogP contribution in [0.5, 0.6) is 0 Å². The van der Waals surface area contributed by atoms with Crippen LogP contribution in [0.2, 0.25) is 0 Å². The van der Waals surface area contributed by atoms with Crippen LogP contribution in [0.4, 0.5) is 4.39 Å². The highest BCUT2D eigenvalue weighted by Crippen LogP contribution is 2.22. The van der Waals surface area contributed by atoms with Gasteiger partial charge < -0.3 is 14.7 Å². The minimum atomic E-state index is -0.151. The molecule has 3 rings (SSSR count). The van der Waals surface area contributed by atoms with E-state index in [2.05, 4.69) is 50.3 Å². The van der Waals surface area contributed by atoms with Crippen molar-refractivity contribution in [3.63, 3.8) is 0 Å². The molecule has 0 aromatic rings. The van der Waals surface area contributed by atoms with Crippen LogP contribution in [-0.4, -0.2) is 84.7 Å². The molecule has 0 atom stereocenters. The highest BCUT2D eigenvalue weighted by molar-refractivity contribution is 5.95. The number of allylic oxidation sites excluding steroid dienone is 6. The Balaban J connectivity index is 1.82. The van der Waals surface area contributed by atoms with E-state index in [0.29, 0.717) is 6.42 Å². The van der Waals surface area contributed by atoms with Crippen LogP contribution < -0.4 is 0 Å². The van der Waals surface area contributed by atoms with Crippen molar-refractivity contribution in [2.45, 2.75) is 39.5 Å². The van der Waals surface area contributed by atoms with E-state index in [1.165, 1.54) is 18.9 Å². The van der Waals surface area contributed by atoms with Gasteiger partial charge in [0.1, 0.15) is 23.3 Å². The van der Waals surface area contributed by atoms with Crippen molar-refractivity contribution in [3.05, 3.63) is 60.1 Å². The lowest BCUT2D eigenvalue weighted by molar-refractivity contribution is 0.256. The molecule has 1 aliphatic carbocycles. The molecule has 35 heavy (non-hydrogen) atoms. The van der Waals surface area contributed by atoms with Gasteiger partial charge in [-0.15, -0.1) is 5.10 Å². The molecule has 2 aliphatic heterocycles. The molecular weight excluding hydrogens is 441 g/mol. The fourth-order valence-corrected chi connectivity index (χ4v) is 4.36. The first-order valence-electron chi connectivity index (χ1n) is 12.5. The molecule has 2 saturated heterocycles. The van der Waals surface area contributed by atoms with Gasteiger partial charge in [0.15, 0.2) is 0 Å². The fraction of sp³-hybridized carbons (Fsp3) is 0.481. The van der Waals surface area contributed by atoms with Gasteiger partial charge in [0.05, 0.1) is 5.70 Å². The quantitative estimate of drug-likeness (QED) is 0.314. The highest BCUT2D eigenvalue weighted by Gasteiger charge is 2.22. The fourth-order valence-electron chi connectivity index (χ4n) is 4.36. The summed E-state index contributed by atoms with van der Waals surface area (Å²) in [5, 5.41) is 8.41. The Morgan fingerprint density at radius 1 is 1.06 bits per heavy atom. The number of aliphatic imine (C=N–C) groups is 2. The summed E-state index contributed by atoms with van der Waals surface area (Å²) >= 11 is 0. The zero-order valence-corrected chi connectivity index (χ0v) is 21.3. The van der Waals surface area contributed by atoms with Gasteiger partial charge in [-0.1, -0.05) is 31.7 Å². The van der Waals surface area contributed by atoms with E-state index in [4.69, 9.17) is 4.99 Å². The molecule has 0 bridgehead atoms. The maximum atomic E-state index is 13.9. The molecule has 2 fully saturated rings. The Bertz CT molecular complexity index is 983. The van der Waals surface area contributed by atoms with Gasteiger partial charge >= 0.3 is 0 Å². The molecule has 8 heteroatoms. The van der Waals surface area contributed by atoms with Crippen molar-refractivity contribution in [2.24, 2.45) is 20.2 Å². The Labute approximate surface area is 209 Å². The zero-order chi connectivity index (χ0) is 25.0. The third-order valence-corrected chi connectivity index (χ3v) is 6.32. The second-order valence-electron chi connectivity index (χ2n) is 8.65. The minimum absolute atomic E-state index is 0.151. The van der Waals surface area contributed by atoms with Gasteiger partial charge in [-0.05, 0) is 31.9 Å². The van der Waals surface area contributed by atoms with Crippen molar-refractivity contribution < 1.29 is 4.39 Å². The van der Waals surface area contributed by atoms with Gasteiger partial charge in [0, 0.05) is 77.0 Å². The number of halogens is 1. The van der Waals surface area contributed by atoms with E-state index in [1.54, 1.807) is 12.3 Å². The summed E-state index contributed by atoms with van der Waals surface area (Å²) in [5.74, 6) is 2.69. The smallest absolute Gasteiger partial charge is 0.127 e. The molecule has 0 spiro atoms. The number of likely N-dealkylation sites (tertiary alicyclic amines) is 1. The molecule has 0 amide bonds. The van der Waals surface area contributed by atoms with E-state index >= 15 is 0 Å². The van der Waals surface area contributed by atoms with E-state index in [1.807, 2.05) is 31.4 Å². The Morgan fingerprint density at radius 3 is 2.43 bits per heavy atom. The lowest BCUT2D eigenvalue weighted by atomic mass is 10.1. The highest BCUT2D eigenvalue weighted by atomic mass is 19.1. The van der Waals surface area contributed by atoms with Gasteiger partial charge in [0.2, 0.25) is 0 Å². The standard InChI is InChI=1S/C27H38FN7/c1-5-14-30-32-26(6-2)34-17-19-35(20-18-34)27(29-4)21-25(23-10-9-11-24(28)13-12-23)31-22(3)33-15-7-8-16-33/h5,9-10,12-14,21H,1,6-8,11,15-20H2,2-4H3/b25-21-,29-27?,30-14-,31-22?,32-26+. The summed E-state index contributed by atoms with van der Waals surface area (Å²) in [6.07, 6.45) is 15.9. The summed E-state index contributed by atoms with van der Waals surface area (Å²) in [7, 11) is 1.81. The molecule has 0 saturated carbocycles. The Hall–Kier alpha value is -3.29. The summed E-state index contributed by atoms with van der Waals surface area (Å²) in [6, 6.07) is 0. The van der Waals surface area contributed by atoms with E-state index in [9.17, 15) is 4.39 Å². The Kier molecular flexibility index (Phi) is 10.2. The van der Waals surface area contributed by atoms with Crippen LogP contribution in [0.3, 0.4) is 0 Å². The predicted octanol–water partition coefficient (Wildman–Crippen LogP) is 4.75. The Morgan fingerprint density at radius 2 is 1.77 bits per heavy atom. The van der Waals surface area contributed by atoms with E-state index in [-0.39, 0.29) is 5.83 Å². The molecule has 0 unspecified atom stereocenters. The average Bonchev–Trinajstić information content (AvgIpc) is 3.33. The van der Waals surface area contributed by atoms with Crippen molar-refractivity contribution >= 4 is 23.7 Å². The van der Waals surface area contributed by atoms with Crippen molar-refractivity contribution in [1.29, 1.82) is 0 Å². The number of hydrogen-bond donors (Lipinski definition) is 0. The molecule has 0 aromatic heterocycles. The van der Waals surface area contributed by atoms with Gasteiger partial charge in [0.25, 0.3) is 0 Å². The molecule has 0 aromatic carbocycles. The van der Waals surface area contributed by atoms with Crippen LogP contribution in [0.15, 0.2) is 80.3 Å². The van der Waals surface area contributed by atoms with Crippen LogP contribution in [0.1, 0.15) is 39.5 Å². The van der Waals surface area contributed by atoms with E-state index < -0.39 is 0 Å². The average molecular weight is 480 g/mol. The van der Waals surface area contributed by atoms with Crippen LogP contribution >= 0.6 is 0 Å². The second-order valence-corrected chi connectivity index (χ2v) is 8.65. The minimum Gasteiger partial charge on any atom is -0.360 e. The number of piperazine rings is 1. The summed E-state index contributed by atoms with van der Waals surface area (Å²) < 4.78 is 13.9. The first-order valence-corrected chi connectivity index (χ1v) is 12.5. The van der Waals surface area contributed by atoms with Crippen LogP contribution in [-0.2, 0) is 0 Å². The van der Waals surface area contributed by atoms with Crippen LogP contribution in [0, 0.1) is 0 Å². The number of amidine groups is 3. The SMILES string of the molecule is C=C/C=N\N=C(/CC)N1CCN(C(/C=C(\N=C(C)N2CCCC2)C2=CC=C(F)CC=C2)=NC)CC1. The monoisotopic (exact) mass is 479 g/mol. The second kappa shape index (κ2) is 13.6. The number of hydrogen-bond acceptors (Lipinski definition) is 4. The van der Waals surface area contributed by atoms with Crippen molar-refractivity contribution in [1.82, 2.24) is 14.7 Å². The van der Waals surface area contributed by atoms with Crippen molar-refractivity contribution in [2.75, 3.05) is 46.3 Å². The summed E-state index contributed by atoms with van der Waals surface area (Å²) in [6.45, 7) is 13.2. The lowest BCUT2D eigenvalue weighted by Gasteiger charge is -2.37. The number of rotatable bonds is 6. The van der Waals surface area contributed by atoms with Crippen LogP contribution in [0.25, 0.3) is 0 Å². The third kappa shape index (κ3) is 7.60. The predicted molar refractivity (Wildman–Crippen MR) is 146 cm³/mol. The van der Waals surface area contributed by atoms with Gasteiger partial charge in [-0.25, -0.2) is 9.38 Å². The molecule has 2 heterocycles. The topological polar surface area (TPSA) is 59.2 Å². The third-order valence-electron chi connectivity index (χ3n) is 6.32. The van der Waals surface area contributed by atoms with Gasteiger partial charge in [-0.2, -0.15) is 5.10 Å². The molecule has 188 valence electrons. The molecule has 0 N–H and O–H groups in total. The first kappa shape index (κ1) is 26.3. The molecule has 3 aliphatic rings.